The van der Waals surface area contributed by atoms with Crippen molar-refractivity contribution in [2.45, 2.75) is 20.3 Å². The molecule has 1 fully saturated rings. The lowest BCUT2D eigenvalue weighted by molar-refractivity contribution is 0.0949. The first kappa shape index (κ1) is 20.1. The number of rotatable bonds is 7. The summed E-state index contributed by atoms with van der Waals surface area (Å²) < 4.78 is 5.24. The fourth-order valence-electron chi connectivity index (χ4n) is 3.31. The van der Waals surface area contributed by atoms with Crippen LogP contribution >= 0.6 is 0 Å². The van der Waals surface area contributed by atoms with Crippen molar-refractivity contribution in [3.63, 3.8) is 0 Å². The predicted molar refractivity (Wildman–Crippen MR) is 110 cm³/mol. The number of ether oxygens (including phenoxy) is 1. The highest BCUT2D eigenvalue weighted by Gasteiger charge is 2.19. The SMILES string of the molecule is CCN1CCN(c2nc(C)cc(C(=O)NCCc3cccc(OC)c3)n2)CC1. The van der Waals surface area contributed by atoms with E-state index in [0.29, 0.717) is 18.2 Å². The summed E-state index contributed by atoms with van der Waals surface area (Å²) in [6.07, 6.45) is 0.735. The number of nitrogens with zero attached hydrogens (tertiary/aromatic N) is 4. The third-order valence-corrected chi connectivity index (χ3v) is 5.01. The van der Waals surface area contributed by atoms with Gasteiger partial charge in [0, 0.05) is 38.4 Å². The number of amides is 1. The van der Waals surface area contributed by atoms with Crippen LogP contribution in [0.2, 0.25) is 0 Å². The number of hydrogen-bond acceptors (Lipinski definition) is 6. The zero-order valence-corrected chi connectivity index (χ0v) is 16.9. The number of methoxy groups -OCH3 is 1. The molecule has 0 unspecified atom stereocenters. The van der Waals surface area contributed by atoms with Crippen molar-refractivity contribution in [3.05, 3.63) is 47.3 Å². The Labute approximate surface area is 166 Å². The Bertz CT molecular complexity index is 803. The van der Waals surface area contributed by atoms with Crippen LogP contribution in [0.15, 0.2) is 30.3 Å². The van der Waals surface area contributed by atoms with E-state index in [0.717, 1.165) is 56.2 Å². The summed E-state index contributed by atoms with van der Waals surface area (Å²) in [6, 6.07) is 9.61. The van der Waals surface area contributed by atoms with Crippen LogP contribution < -0.4 is 15.0 Å². The average Bonchev–Trinajstić information content (AvgIpc) is 2.73. The van der Waals surface area contributed by atoms with Crippen LogP contribution in [0.4, 0.5) is 5.95 Å². The summed E-state index contributed by atoms with van der Waals surface area (Å²) in [5, 5.41) is 2.96. The third kappa shape index (κ3) is 5.19. The van der Waals surface area contributed by atoms with Crippen molar-refractivity contribution in [2.75, 3.05) is 51.3 Å². The molecule has 0 aliphatic carbocycles. The van der Waals surface area contributed by atoms with E-state index in [1.807, 2.05) is 31.2 Å². The topological polar surface area (TPSA) is 70.6 Å². The molecule has 0 spiro atoms. The largest absolute Gasteiger partial charge is 0.497 e. The van der Waals surface area contributed by atoms with Gasteiger partial charge in [0.1, 0.15) is 11.4 Å². The second-order valence-electron chi connectivity index (χ2n) is 6.97. The quantitative estimate of drug-likeness (QED) is 0.788. The molecule has 150 valence electrons. The Morgan fingerprint density at radius 2 is 1.96 bits per heavy atom. The van der Waals surface area contributed by atoms with Gasteiger partial charge in [-0.15, -0.1) is 0 Å². The predicted octanol–water partition coefficient (Wildman–Crippen LogP) is 1.91. The lowest BCUT2D eigenvalue weighted by atomic mass is 10.1. The molecule has 28 heavy (non-hydrogen) atoms. The van der Waals surface area contributed by atoms with Crippen molar-refractivity contribution >= 4 is 11.9 Å². The van der Waals surface area contributed by atoms with Gasteiger partial charge in [0.05, 0.1) is 7.11 Å². The first-order valence-corrected chi connectivity index (χ1v) is 9.83. The van der Waals surface area contributed by atoms with E-state index in [4.69, 9.17) is 4.74 Å². The molecule has 1 aromatic carbocycles. The van der Waals surface area contributed by atoms with Crippen LogP contribution in [0.3, 0.4) is 0 Å². The van der Waals surface area contributed by atoms with E-state index < -0.39 is 0 Å². The van der Waals surface area contributed by atoms with Crippen LogP contribution in [0.1, 0.15) is 28.7 Å². The summed E-state index contributed by atoms with van der Waals surface area (Å²) in [5.74, 6) is 1.30. The maximum absolute atomic E-state index is 12.6. The van der Waals surface area contributed by atoms with E-state index >= 15 is 0 Å². The number of piperazine rings is 1. The van der Waals surface area contributed by atoms with Crippen LogP contribution in [0.25, 0.3) is 0 Å². The second kappa shape index (κ2) is 9.50. The first-order valence-electron chi connectivity index (χ1n) is 9.83. The van der Waals surface area contributed by atoms with Crippen molar-refractivity contribution in [1.82, 2.24) is 20.2 Å². The molecule has 2 heterocycles. The molecular weight excluding hydrogens is 354 g/mol. The molecule has 1 aliphatic rings. The van der Waals surface area contributed by atoms with Crippen LogP contribution in [-0.4, -0.2) is 67.2 Å². The maximum Gasteiger partial charge on any atom is 0.270 e. The van der Waals surface area contributed by atoms with Crippen molar-refractivity contribution in [1.29, 1.82) is 0 Å². The van der Waals surface area contributed by atoms with Crippen molar-refractivity contribution in [3.8, 4) is 5.75 Å². The number of anilines is 1. The smallest absolute Gasteiger partial charge is 0.270 e. The maximum atomic E-state index is 12.6. The van der Waals surface area contributed by atoms with Crippen LogP contribution in [0, 0.1) is 6.92 Å². The molecule has 1 N–H and O–H groups in total. The highest BCUT2D eigenvalue weighted by atomic mass is 16.5. The normalized spacial score (nSPS) is 14.8. The van der Waals surface area contributed by atoms with Gasteiger partial charge in [0.15, 0.2) is 0 Å². The van der Waals surface area contributed by atoms with Gasteiger partial charge < -0.3 is 19.9 Å². The molecule has 0 saturated carbocycles. The molecule has 0 radical (unpaired) electrons. The molecule has 7 nitrogen and oxygen atoms in total. The number of likely N-dealkylation sites (N-methyl/N-ethyl adjacent to an activating group) is 1. The summed E-state index contributed by atoms with van der Waals surface area (Å²) in [6.45, 7) is 9.43. The molecular formula is C21H29N5O2. The van der Waals surface area contributed by atoms with Gasteiger partial charge in [-0.2, -0.15) is 0 Å². The molecule has 3 rings (SSSR count). The Morgan fingerprint density at radius 1 is 1.18 bits per heavy atom. The molecule has 0 bridgehead atoms. The standard InChI is InChI=1S/C21H29N5O2/c1-4-25-10-12-26(13-11-25)21-23-16(2)14-19(24-21)20(27)22-9-8-17-6-5-7-18(15-17)28-3/h5-7,14-15H,4,8-13H2,1-3H3,(H,22,27). The van der Waals surface area contributed by atoms with Gasteiger partial charge in [-0.05, 0) is 43.7 Å². The summed E-state index contributed by atoms with van der Waals surface area (Å²) in [4.78, 5) is 26.2. The Kier molecular flexibility index (Phi) is 6.81. The summed E-state index contributed by atoms with van der Waals surface area (Å²) in [5.41, 5.74) is 2.35. The average molecular weight is 383 g/mol. The van der Waals surface area contributed by atoms with E-state index in [9.17, 15) is 4.79 Å². The minimum atomic E-state index is -0.165. The highest BCUT2D eigenvalue weighted by Crippen LogP contribution is 2.14. The lowest BCUT2D eigenvalue weighted by Crippen LogP contribution is -2.47. The third-order valence-electron chi connectivity index (χ3n) is 5.01. The van der Waals surface area contributed by atoms with E-state index in [2.05, 4.69) is 32.0 Å². The van der Waals surface area contributed by atoms with Gasteiger partial charge in [0.2, 0.25) is 5.95 Å². The molecule has 1 saturated heterocycles. The van der Waals surface area contributed by atoms with Gasteiger partial charge >= 0.3 is 0 Å². The zero-order chi connectivity index (χ0) is 19.9. The molecule has 0 atom stereocenters. The monoisotopic (exact) mass is 383 g/mol. The Hall–Kier alpha value is -2.67. The zero-order valence-electron chi connectivity index (χ0n) is 16.9. The fourth-order valence-corrected chi connectivity index (χ4v) is 3.31. The number of benzene rings is 1. The molecule has 7 heteroatoms. The Balaban J connectivity index is 1.59. The number of aryl methyl sites for hydroxylation is 1. The molecule has 1 amide bonds. The molecule has 2 aromatic rings. The van der Waals surface area contributed by atoms with Crippen LogP contribution in [0.5, 0.6) is 5.75 Å². The minimum absolute atomic E-state index is 0.165. The number of carbonyl (C=O) groups is 1. The number of nitrogens with one attached hydrogen (secondary N) is 1. The lowest BCUT2D eigenvalue weighted by Gasteiger charge is -2.34. The Morgan fingerprint density at radius 3 is 2.68 bits per heavy atom. The number of aromatic nitrogens is 2. The van der Waals surface area contributed by atoms with Gasteiger partial charge in [0.25, 0.3) is 5.91 Å². The summed E-state index contributed by atoms with van der Waals surface area (Å²) in [7, 11) is 1.65. The van der Waals surface area contributed by atoms with Crippen molar-refractivity contribution in [2.24, 2.45) is 0 Å². The minimum Gasteiger partial charge on any atom is -0.497 e. The first-order chi connectivity index (χ1) is 13.6. The number of carbonyl (C=O) groups excluding carboxylic acids is 1. The van der Waals surface area contributed by atoms with Gasteiger partial charge in [-0.3, -0.25) is 4.79 Å². The van der Waals surface area contributed by atoms with Crippen molar-refractivity contribution < 1.29 is 9.53 Å². The second-order valence-corrected chi connectivity index (χ2v) is 6.97. The van der Waals surface area contributed by atoms with E-state index in [-0.39, 0.29) is 5.91 Å². The molecule has 1 aromatic heterocycles. The van der Waals surface area contributed by atoms with E-state index in [1.54, 1.807) is 13.2 Å². The highest BCUT2D eigenvalue weighted by molar-refractivity contribution is 5.92. The molecule has 1 aliphatic heterocycles. The fraction of sp³-hybridized carbons (Fsp3) is 0.476. The van der Waals surface area contributed by atoms with Gasteiger partial charge in [-0.1, -0.05) is 19.1 Å². The number of hydrogen-bond donors (Lipinski definition) is 1. The van der Waals surface area contributed by atoms with E-state index in [1.165, 1.54) is 0 Å². The van der Waals surface area contributed by atoms with Gasteiger partial charge in [-0.25, -0.2) is 9.97 Å². The van der Waals surface area contributed by atoms with Crippen LogP contribution in [-0.2, 0) is 6.42 Å². The summed E-state index contributed by atoms with van der Waals surface area (Å²) >= 11 is 0.